The number of fused-ring (bicyclic) bond motifs is 4. The first-order valence-electron chi connectivity index (χ1n) is 11.1. The second-order valence-corrected chi connectivity index (χ2v) is 8.00. The van der Waals surface area contributed by atoms with Gasteiger partial charge in [-0.3, -0.25) is 4.40 Å². The van der Waals surface area contributed by atoms with Gasteiger partial charge in [-0.1, -0.05) is 30.0 Å². The monoisotopic (exact) mass is 633 g/mol. The molecule has 172 valence electrons. The molecule has 0 atom stereocenters. The van der Waals surface area contributed by atoms with Crippen LogP contribution in [0.2, 0.25) is 0 Å². The molecule has 0 unspecified atom stereocenters. The van der Waals surface area contributed by atoms with Crippen LogP contribution in [0.15, 0.2) is 109 Å². The summed E-state index contributed by atoms with van der Waals surface area (Å²) in [6.07, 6.45) is 3.80. The molecule has 0 spiro atoms. The molecule has 0 saturated heterocycles. The SMILES string of the molecule is CN1[CH-]N(c2[c-]cccc2)c2ccccc21.[Ir+3].[c-]1ccccc1-n1c2ccccc2n2ccnc12. The van der Waals surface area contributed by atoms with E-state index >= 15 is 0 Å². The van der Waals surface area contributed by atoms with Gasteiger partial charge in [0.05, 0.1) is 11.0 Å². The van der Waals surface area contributed by atoms with Crippen molar-refractivity contribution in [2.45, 2.75) is 0 Å². The van der Waals surface area contributed by atoms with E-state index in [0.29, 0.717) is 0 Å². The van der Waals surface area contributed by atoms with Crippen LogP contribution in [0.3, 0.4) is 0 Å². The molecule has 1 aliphatic heterocycles. The Morgan fingerprint density at radius 3 is 2.06 bits per heavy atom. The van der Waals surface area contributed by atoms with E-state index in [0.717, 1.165) is 28.2 Å². The molecule has 3 heterocycles. The molecule has 2 aromatic heterocycles. The van der Waals surface area contributed by atoms with Gasteiger partial charge in [-0.25, -0.2) is 4.98 Å². The smallest absolute Gasteiger partial charge is 0.504 e. The molecular weight excluding hydrogens is 611 g/mol. The van der Waals surface area contributed by atoms with Crippen molar-refractivity contribution in [2.24, 2.45) is 0 Å². The number of nitrogens with zero attached hydrogens (tertiary/aromatic N) is 5. The van der Waals surface area contributed by atoms with Gasteiger partial charge in [0.25, 0.3) is 0 Å². The zero-order valence-electron chi connectivity index (χ0n) is 19.0. The second kappa shape index (κ2) is 9.79. The Labute approximate surface area is 218 Å². The fourth-order valence-corrected chi connectivity index (χ4v) is 4.36. The fraction of sp³-hybridized carbons (Fsp3) is 0.0345. The van der Waals surface area contributed by atoms with Crippen molar-refractivity contribution in [3.05, 3.63) is 128 Å². The minimum atomic E-state index is 0. The Kier molecular flexibility index (Phi) is 6.40. The van der Waals surface area contributed by atoms with E-state index in [4.69, 9.17) is 0 Å². The molecule has 0 radical (unpaired) electrons. The predicted molar refractivity (Wildman–Crippen MR) is 137 cm³/mol. The van der Waals surface area contributed by atoms with Crippen molar-refractivity contribution >= 4 is 33.9 Å². The van der Waals surface area contributed by atoms with Crippen LogP contribution in [0.1, 0.15) is 0 Å². The van der Waals surface area contributed by atoms with Crippen molar-refractivity contribution < 1.29 is 20.1 Å². The minimum Gasteiger partial charge on any atom is -0.504 e. The summed E-state index contributed by atoms with van der Waals surface area (Å²) in [7, 11) is 2.06. The van der Waals surface area contributed by atoms with E-state index in [-0.39, 0.29) is 20.1 Å². The van der Waals surface area contributed by atoms with Crippen LogP contribution in [0.4, 0.5) is 17.1 Å². The van der Waals surface area contributed by atoms with Crippen LogP contribution in [0.25, 0.3) is 22.5 Å². The number of rotatable bonds is 2. The number of imidazole rings is 2. The summed E-state index contributed by atoms with van der Waals surface area (Å²) < 4.78 is 4.21. The van der Waals surface area contributed by atoms with Crippen LogP contribution in [-0.2, 0) is 20.1 Å². The number of para-hydroxylation sites is 6. The molecule has 6 aromatic rings. The molecule has 6 heteroatoms. The van der Waals surface area contributed by atoms with Crippen LogP contribution in [0.5, 0.6) is 0 Å². The van der Waals surface area contributed by atoms with Gasteiger partial charge in [-0.2, -0.15) is 61.3 Å². The van der Waals surface area contributed by atoms with E-state index in [2.05, 4.69) is 92.1 Å². The first-order valence-corrected chi connectivity index (χ1v) is 11.1. The summed E-state index contributed by atoms with van der Waals surface area (Å²) in [5, 5.41) is 0. The second-order valence-electron chi connectivity index (χ2n) is 8.00. The Balaban J connectivity index is 0.000000142. The molecule has 1 aliphatic rings. The summed E-state index contributed by atoms with van der Waals surface area (Å²) >= 11 is 0. The maximum absolute atomic E-state index is 4.44. The topological polar surface area (TPSA) is 28.7 Å². The summed E-state index contributed by atoms with van der Waals surface area (Å²) in [4.78, 5) is 8.71. The third kappa shape index (κ3) is 4.12. The van der Waals surface area contributed by atoms with E-state index in [1.165, 1.54) is 11.4 Å². The zero-order valence-corrected chi connectivity index (χ0v) is 21.4. The number of anilines is 3. The van der Waals surface area contributed by atoms with Crippen LogP contribution >= 0.6 is 0 Å². The molecular formula is C29H22IrN5. The van der Waals surface area contributed by atoms with Gasteiger partial charge in [0.2, 0.25) is 5.78 Å². The number of hydrogen-bond acceptors (Lipinski definition) is 3. The van der Waals surface area contributed by atoms with Gasteiger partial charge in [-0.15, -0.1) is 11.8 Å². The van der Waals surface area contributed by atoms with Gasteiger partial charge >= 0.3 is 20.1 Å². The molecule has 35 heavy (non-hydrogen) atoms. The summed E-state index contributed by atoms with van der Waals surface area (Å²) in [5.41, 5.74) is 6.80. The molecule has 5 nitrogen and oxygen atoms in total. The van der Waals surface area contributed by atoms with Gasteiger partial charge in [-0.05, 0) is 31.3 Å². The van der Waals surface area contributed by atoms with Crippen molar-refractivity contribution in [1.29, 1.82) is 0 Å². The van der Waals surface area contributed by atoms with E-state index in [1.54, 1.807) is 0 Å². The normalized spacial score (nSPS) is 12.3. The minimum absolute atomic E-state index is 0. The Bertz CT molecular complexity index is 1560. The first-order chi connectivity index (χ1) is 16.8. The van der Waals surface area contributed by atoms with E-state index in [9.17, 15) is 0 Å². The van der Waals surface area contributed by atoms with Gasteiger partial charge < -0.3 is 14.4 Å². The Morgan fingerprint density at radius 1 is 0.714 bits per heavy atom. The van der Waals surface area contributed by atoms with Gasteiger partial charge in [0.1, 0.15) is 0 Å². The average Bonchev–Trinajstić information content (AvgIpc) is 3.59. The predicted octanol–water partition coefficient (Wildman–Crippen LogP) is 6.27. The number of benzene rings is 4. The quantitative estimate of drug-likeness (QED) is 0.211. The summed E-state index contributed by atoms with van der Waals surface area (Å²) in [6, 6.07) is 39.1. The van der Waals surface area contributed by atoms with Crippen LogP contribution in [0, 0.1) is 18.8 Å². The van der Waals surface area contributed by atoms with Crippen LogP contribution < -0.4 is 9.80 Å². The molecule has 0 saturated carbocycles. The average molecular weight is 633 g/mol. The summed E-state index contributed by atoms with van der Waals surface area (Å²) in [6.45, 7) is 2.08. The third-order valence-corrected chi connectivity index (χ3v) is 5.90. The summed E-state index contributed by atoms with van der Waals surface area (Å²) in [5.74, 6) is 0.915. The molecule has 4 aromatic carbocycles. The molecule has 0 amide bonds. The first kappa shape index (κ1) is 22.9. The maximum Gasteiger partial charge on any atom is 3.00 e. The number of aromatic nitrogens is 3. The molecule has 7 rings (SSSR count). The number of hydrogen-bond donors (Lipinski definition) is 0. The van der Waals surface area contributed by atoms with Crippen molar-refractivity contribution in [3.8, 4) is 5.69 Å². The van der Waals surface area contributed by atoms with Crippen molar-refractivity contribution in [3.63, 3.8) is 0 Å². The Morgan fingerprint density at radius 2 is 1.34 bits per heavy atom. The van der Waals surface area contributed by atoms with Gasteiger partial charge in [0, 0.05) is 23.8 Å². The molecule has 0 bridgehead atoms. The fourth-order valence-electron chi connectivity index (χ4n) is 4.36. The largest absolute Gasteiger partial charge is 3.00 e. The van der Waals surface area contributed by atoms with Crippen molar-refractivity contribution in [1.82, 2.24) is 14.0 Å². The Hall–Kier alpha value is -3.86. The van der Waals surface area contributed by atoms with Crippen LogP contribution in [-0.4, -0.2) is 21.0 Å². The van der Waals surface area contributed by atoms with Gasteiger partial charge in [0.15, 0.2) is 0 Å². The third-order valence-electron chi connectivity index (χ3n) is 5.90. The van der Waals surface area contributed by atoms with Crippen molar-refractivity contribution in [2.75, 3.05) is 16.8 Å². The standard InChI is InChI=1S/C15H10N3.C14H12N2.Ir/c1-2-6-12(7-3-1)18-14-9-5-4-8-13(14)17-11-10-16-15(17)18;1-15-11-16(12-7-3-2-4-8-12)14-10-6-5-9-13(14)15;/h1-6,8-11H;2-7,9-11H,1H3;/q-1;-2;+3. The molecule has 0 fully saturated rings. The maximum atomic E-state index is 4.44. The molecule has 0 N–H and O–H groups in total. The zero-order chi connectivity index (χ0) is 22.9. The van der Waals surface area contributed by atoms with E-state index in [1.807, 2.05) is 67.0 Å². The molecule has 0 aliphatic carbocycles. The van der Waals surface area contributed by atoms with E-state index < -0.39 is 0 Å².